The van der Waals surface area contributed by atoms with Gasteiger partial charge in [0.05, 0.1) is 13.1 Å². The summed E-state index contributed by atoms with van der Waals surface area (Å²) in [6.07, 6.45) is 1.67. The molecule has 0 bridgehead atoms. The van der Waals surface area contributed by atoms with Crippen LogP contribution in [0.4, 0.5) is 0 Å². The number of thiophene rings is 1. The first-order valence-electron chi connectivity index (χ1n) is 6.83. The second-order valence-electron chi connectivity index (χ2n) is 5.08. The minimum Gasteiger partial charge on any atom is -0.480 e. The van der Waals surface area contributed by atoms with Gasteiger partial charge >= 0.3 is 5.97 Å². The van der Waals surface area contributed by atoms with Crippen molar-refractivity contribution in [3.05, 3.63) is 35.0 Å². The summed E-state index contributed by atoms with van der Waals surface area (Å²) in [6.45, 7) is 8.24. The van der Waals surface area contributed by atoms with Crippen LogP contribution in [0.1, 0.15) is 18.7 Å². The maximum Gasteiger partial charge on any atom is 0.320 e. The van der Waals surface area contributed by atoms with Crippen molar-refractivity contribution in [2.75, 3.05) is 13.1 Å². The van der Waals surface area contributed by atoms with E-state index in [0.717, 1.165) is 4.88 Å². The van der Waals surface area contributed by atoms with Crippen LogP contribution in [0.25, 0.3) is 0 Å². The minimum absolute atomic E-state index is 0.00830. The highest BCUT2D eigenvalue weighted by atomic mass is 32.1. The van der Waals surface area contributed by atoms with Crippen molar-refractivity contribution >= 4 is 23.2 Å². The predicted molar refractivity (Wildman–Crippen MR) is 84.2 cm³/mol. The number of carboxylic acid groups (broad SMARTS) is 1. The summed E-state index contributed by atoms with van der Waals surface area (Å²) in [5.74, 6) is -1.15. The molecule has 1 rings (SSSR count). The molecule has 1 amide bonds. The summed E-state index contributed by atoms with van der Waals surface area (Å²) in [6, 6.07) is 3.19. The van der Waals surface area contributed by atoms with Crippen molar-refractivity contribution in [2.45, 2.75) is 26.4 Å². The molecule has 0 aliphatic rings. The molecule has 0 radical (unpaired) electrons. The number of nitrogens with zero attached hydrogens (tertiary/aromatic N) is 1. The molecule has 1 aromatic heterocycles. The van der Waals surface area contributed by atoms with E-state index < -0.39 is 12.0 Å². The highest BCUT2D eigenvalue weighted by Crippen LogP contribution is 2.12. The van der Waals surface area contributed by atoms with Crippen molar-refractivity contribution in [1.82, 2.24) is 10.2 Å². The highest BCUT2D eigenvalue weighted by Gasteiger charge is 2.23. The monoisotopic (exact) mass is 310 g/mol. The quantitative estimate of drug-likeness (QED) is 0.684. The summed E-state index contributed by atoms with van der Waals surface area (Å²) in [5, 5.41) is 13.9. The third-order valence-electron chi connectivity index (χ3n) is 3.03. The molecule has 0 fully saturated rings. The van der Waals surface area contributed by atoms with Gasteiger partial charge in [-0.3, -0.25) is 14.9 Å². The molecule has 0 saturated heterocycles. The molecule has 1 aromatic rings. The maximum atomic E-state index is 12.2. The Morgan fingerprint density at radius 1 is 1.52 bits per heavy atom. The Balaban J connectivity index is 2.60. The first-order valence-corrected chi connectivity index (χ1v) is 7.71. The molecule has 1 unspecified atom stereocenters. The van der Waals surface area contributed by atoms with Gasteiger partial charge in [0.15, 0.2) is 0 Å². The van der Waals surface area contributed by atoms with Crippen LogP contribution in [0, 0.1) is 5.92 Å². The van der Waals surface area contributed by atoms with Gasteiger partial charge in [-0.05, 0) is 17.4 Å². The molecule has 1 heterocycles. The zero-order valence-corrected chi connectivity index (χ0v) is 13.2. The number of hydrogen-bond acceptors (Lipinski definition) is 4. The molecule has 0 saturated carbocycles. The lowest BCUT2D eigenvalue weighted by atomic mass is 10.1. The van der Waals surface area contributed by atoms with E-state index in [1.807, 2.05) is 31.4 Å². The van der Waals surface area contributed by atoms with Gasteiger partial charge in [0.25, 0.3) is 0 Å². The van der Waals surface area contributed by atoms with Crippen molar-refractivity contribution in [2.24, 2.45) is 5.92 Å². The van der Waals surface area contributed by atoms with Crippen LogP contribution in [0.3, 0.4) is 0 Å². The zero-order chi connectivity index (χ0) is 15.8. The van der Waals surface area contributed by atoms with E-state index in [0.29, 0.717) is 13.1 Å². The summed E-state index contributed by atoms with van der Waals surface area (Å²) in [7, 11) is 0. The van der Waals surface area contributed by atoms with Gasteiger partial charge < -0.3 is 10.0 Å². The lowest BCUT2D eigenvalue weighted by Gasteiger charge is -2.23. The van der Waals surface area contributed by atoms with Gasteiger partial charge in [0.2, 0.25) is 5.91 Å². The van der Waals surface area contributed by atoms with Crippen LogP contribution >= 0.6 is 11.3 Å². The largest absolute Gasteiger partial charge is 0.480 e. The molecule has 5 nitrogen and oxygen atoms in total. The first-order chi connectivity index (χ1) is 9.95. The van der Waals surface area contributed by atoms with Crippen LogP contribution in [-0.4, -0.2) is 41.0 Å². The van der Waals surface area contributed by atoms with Crippen LogP contribution < -0.4 is 5.32 Å². The maximum absolute atomic E-state index is 12.2. The topological polar surface area (TPSA) is 69.6 Å². The van der Waals surface area contributed by atoms with Gasteiger partial charge in [-0.15, -0.1) is 17.9 Å². The molecule has 0 spiro atoms. The number of carbonyl (C=O) groups excluding carboxylic acids is 1. The summed E-state index contributed by atoms with van der Waals surface area (Å²) in [4.78, 5) is 26.1. The molecular weight excluding hydrogens is 288 g/mol. The Morgan fingerprint density at radius 3 is 2.71 bits per heavy atom. The number of amides is 1. The fourth-order valence-electron chi connectivity index (χ4n) is 1.92. The van der Waals surface area contributed by atoms with Gasteiger partial charge in [-0.1, -0.05) is 26.0 Å². The van der Waals surface area contributed by atoms with Gasteiger partial charge in [-0.2, -0.15) is 0 Å². The van der Waals surface area contributed by atoms with Crippen molar-refractivity contribution in [3.63, 3.8) is 0 Å². The molecule has 6 heteroatoms. The number of nitrogens with one attached hydrogen (secondary N) is 1. The molecule has 0 aliphatic heterocycles. The second-order valence-corrected chi connectivity index (χ2v) is 6.12. The minimum atomic E-state index is -0.939. The predicted octanol–water partition coefficient (Wildman–Crippen LogP) is 1.96. The van der Waals surface area contributed by atoms with Crippen LogP contribution in [-0.2, 0) is 16.1 Å². The standard InChI is InChI=1S/C15H22N2O3S/c1-4-7-17(10-12-6-5-8-21-12)13(18)9-16-14(11(2)3)15(19)20/h4-6,8,11,14,16H,1,7,9-10H2,2-3H3,(H,19,20). The molecule has 21 heavy (non-hydrogen) atoms. The average Bonchev–Trinajstić information content (AvgIpc) is 2.90. The smallest absolute Gasteiger partial charge is 0.320 e. The number of carboxylic acids is 1. The average molecular weight is 310 g/mol. The lowest BCUT2D eigenvalue weighted by Crippen LogP contribution is -2.46. The van der Waals surface area contributed by atoms with E-state index in [-0.39, 0.29) is 18.4 Å². The first kappa shape index (κ1) is 17.4. The Morgan fingerprint density at radius 2 is 2.24 bits per heavy atom. The van der Waals surface area contributed by atoms with Gasteiger partial charge in [0.1, 0.15) is 6.04 Å². The van der Waals surface area contributed by atoms with E-state index in [2.05, 4.69) is 11.9 Å². The molecule has 1 atom stereocenters. The number of hydrogen-bond donors (Lipinski definition) is 2. The lowest BCUT2D eigenvalue weighted by molar-refractivity contribution is -0.141. The van der Waals surface area contributed by atoms with Crippen molar-refractivity contribution < 1.29 is 14.7 Å². The molecular formula is C15H22N2O3S. The summed E-state index contributed by atoms with van der Waals surface area (Å²) >= 11 is 1.59. The molecule has 2 N–H and O–H groups in total. The fraction of sp³-hybridized carbons (Fsp3) is 0.467. The summed E-state index contributed by atoms with van der Waals surface area (Å²) < 4.78 is 0. The zero-order valence-electron chi connectivity index (χ0n) is 12.4. The van der Waals surface area contributed by atoms with Crippen LogP contribution in [0.15, 0.2) is 30.2 Å². The Hall–Kier alpha value is -1.66. The molecule has 116 valence electrons. The number of aliphatic carboxylic acids is 1. The Bertz CT molecular complexity index is 471. The van der Waals surface area contributed by atoms with E-state index in [1.165, 1.54) is 0 Å². The fourth-order valence-corrected chi connectivity index (χ4v) is 2.64. The SMILES string of the molecule is C=CCN(Cc1cccs1)C(=O)CNC(C(=O)O)C(C)C. The Kier molecular flexibility index (Phi) is 7.11. The highest BCUT2D eigenvalue weighted by molar-refractivity contribution is 7.09. The van der Waals surface area contributed by atoms with Crippen LogP contribution in [0.2, 0.25) is 0 Å². The van der Waals surface area contributed by atoms with Gasteiger partial charge in [-0.25, -0.2) is 0 Å². The van der Waals surface area contributed by atoms with E-state index in [1.54, 1.807) is 22.3 Å². The molecule has 0 aliphatic carbocycles. The summed E-state index contributed by atoms with van der Waals surface area (Å²) in [5.41, 5.74) is 0. The van der Waals surface area contributed by atoms with Crippen molar-refractivity contribution in [3.8, 4) is 0 Å². The van der Waals surface area contributed by atoms with E-state index in [4.69, 9.17) is 5.11 Å². The van der Waals surface area contributed by atoms with E-state index in [9.17, 15) is 9.59 Å². The number of rotatable bonds is 9. The van der Waals surface area contributed by atoms with Crippen molar-refractivity contribution in [1.29, 1.82) is 0 Å². The third kappa shape index (κ3) is 5.69. The Labute approximate surface area is 129 Å². The number of carbonyl (C=O) groups is 2. The third-order valence-corrected chi connectivity index (χ3v) is 3.90. The molecule has 0 aromatic carbocycles. The normalized spacial score (nSPS) is 12.1. The van der Waals surface area contributed by atoms with E-state index >= 15 is 0 Å². The second kappa shape index (κ2) is 8.59. The van der Waals surface area contributed by atoms with Crippen LogP contribution in [0.5, 0.6) is 0 Å². The van der Waals surface area contributed by atoms with Gasteiger partial charge in [0, 0.05) is 11.4 Å².